The lowest BCUT2D eigenvalue weighted by molar-refractivity contribution is 0.0580. The van der Waals surface area contributed by atoms with Crippen LogP contribution in [0.25, 0.3) is 0 Å². The van der Waals surface area contributed by atoms with E-state index in [-0.39, 0.29) is 5.97 Å². The van der Waals surface area contributed by atoms with E-state index in [1.165, 1.54) is 13.5 Å². The van der Waals surface area contributed by atoms with Crippen molar-refractivity contribution in [2.75, 3.05) is 7.11 Å². The number of carbonyl (C=O) groups is 1. The van der Waals surface area contributed by atoms with Gasteiger partial charge in [0.15, 0.2) is 0 Å². The Labute approximate surface area is 76.5 Å². The molecule has 0 unspecified atom stereocenters. The smallest absolute Gasteiger partial charge is 0.374 e. The van der Waals surface area contributed by atoms with Crippen LogP contribution >= 0.6 is 0 Å². The number of aryl methyl sites for hydroxylation is 1. The highest BCUT2D eigenvalue weighted by atomic mass is 16.5. The first-order valence-electron chi connectivity index (χ1n) is 4.45. The fourth-order valence-electron chi connectivity index (χ4n) is 1.69. The Morgan fingerprint density at radius 3 is 3.23 bits per heavy atom. The summed E-state index contributed by atoms with van der Waals surface area (Å²) in [4.78, 5) is 15.3. The van der Waals surface area contributed by atoms with Gasteiger partial charge in [0.25, 0.3) is 0 Å². The third-order valence-electron chi connectivity index (χ3n) is 2.37. The lowest BCUT2D eigenvalue weighted by atomic mass is 10.1. The number of hydrogen-bond acceptors (Lipinski definition) is 3. The molecule has 0 radical (unpaired) electrons. The Morgan fingerprint density at radius 2 is 2.46 bits per heavy atom. The lowest BCUT2D eigenvalue weighted by Crippen LogP contribution is -2.17. The zero-order valence-electron chi connectivity index (χ0n) is 7.62. The van der Waals surface area contributed by atoms with E-state index in [1.807, 2.05) is 4.57 Å². The van der Waals surface area contributed by atoms with Crippen molar-refractivity contribution in [3.63, 3.8) is 0 Å². The van der Waals surface area contributed by atoms with Crippen LogP contribution in [0.3, 0.4) is 0 Å². The molecule has 13 heavy (non-hydrogen) atoms. The molecule has 1 aromatic rings. The normalized spacial score (nSPS) is 15.2. The van der Waals surface area contributed by atoms with Crippen LogP contribution in [0.2, 0.25) is 0 Å². The van der Waals surface area contributed by atoms with Gasteiger partial charge < -0.3 is 9.30 Å². The third kappa shape index (κ3) is 1.32. The number of aromatic nitrogens is 2. The van der Waals surface area contributed by atoms with E-state index >= 15 is 0 Å². The lowest BCUT2D eigenvalue weighted by Gasteiger charge is -2.15. The van der Waals surface area contributed by atoms with Crippen molar-refractivity contribution in [2.24, 2.45) is 0 Å². The molecule has 0 saturated carbocycles. The van der Waals surface area contributed by atoms with Crippen molar-refractivity contribution in [1.82, 2.24) is 9.55 Å². The molecule has 70 valence electrons. The Kier molecular flexibility index (Phi) is 2.04. The summed E-state index contributed by atoms with van der Waals surface area (Å²) in [5, 5.41) is 0. The number of hydrogen-bond donors (Lipinski definition) is 0. The molecule has 0 aromatic carbocycles. The number of rotatable bonds is 1. The number of imidazole rings is 1. The van der Waals surface area contributed by atoms with E-state index < -0.39 is 0 Å². The van der Waals surface area contributed by atoms with Gasteiger partial charge in [-0.15, -0.1) is 0 Å². The molecule has 0 saturated heterocycles. The predicted molar refractivity (Wildman–Crippen MR) is 46.5 cm³/mol. The van der Waals surface area contributed by atoms with Crippen molar-refractivity contribution >= 4 is 5.97 Å². The Morgan fingerprint density at radius 1 is 1.62 bits per heavy atom. The number of esters is 1. The molecule has 4 nitrogen and oxygen atoms in total. The molecule has 4 heteroatoms. The first-order chi connectivity index (χ1) is 6.33. The molecule has 2 rings (SSSR count). The number of methoxy groups -OCH3 is 1. The van der Waals surface area contributed by atoms with Crippen molar-refractivity contribution in [3.05, 3.63) is 17.7 Å². The molecule has 0 atom stereocenters. The largest absolute Gasteiger partial charge is 0.463 e. The zero-order valence-corrected chi connectivity index (χ0v) is 7.62. The zero-order chi connectivity index (χ0) is 9.26. The molecular weight excluding hydrogens is 168 g/mol. The van der Waals surface area contributed by atoms with E-state index in [9.17, 15) is 4.79 Å². The summed E-state index contributed by atoms with van der Waals surface area (Å²) in [5.41, 5.74) is 1.15. The monoisotopic (exact) mass is 180 g/mol. The Hall–Kier alpha value is -1.32. The van der Waals surface area contributed by atoms with Gasteiger partial charge in [-0.25, -0.2) is 9.78 Å². The highest BCUT2D eigenvalue weighted by molar-refractivity contribution is 5.85. The van der Waals surface area contributed by atoms with Gasteiger partial charge in [0.1, 0.15) is 0 Å². The van der Waals surface area contributed by atoms with Gasteiger partial charge in [0.2, 0.25) is 5.82 Å². The van der Waals surface area contributed by atoms with Crippen LogP contribution in [0.4, 0.5) is 0 Å². The molecule has 0 amide bonds. The molecule has 0 aliphatic carbocycles. The van der Waals surface area contributed by atoms with Crippen LogP contribution in [0.5, 0.6) is 0 Å². The average Bonchev–Trinajstić information content (AvgIpc) is 2.60. The second-order valence-corrected chi connectivity index (χ2v) is 3.17. The minimum Gasteiger partial charge on any atom is -0.463 e. The minimum atomic E-state index is -0.340. The van der Waals surface area contributed by atoms with Crippen LogP contribution in [0.1, 0.15) is 29.2 Å². The highest BCUT2D eigenvalue weighted by Crippen LogP contribution is 2.16. The van der Waals surface area contributed by atoms with Crippen molar-refractivity contribution < 1.29 is 9.53 Å². The van der Waals surface area contributed by atoms with Gasteiger partial charge in [-0.1, -0.05) is 0 Å². The van der Waals surface area contributed by atoms with Crippen LogP contribution in [-0.4, -0.2) is 22.6 Å². The summed E-state index contributed by atoms with van der Waals surface area (Å²) in [6.45, 7) is 0.889. The Balaban J connectivity index is 2.36. The van der Waals surface area contributed by atoms with E-state index in [1.54, 1.807) is 6.20 Å². The average molecular weight is 180 g/mol. The molecule has 1 aliphatic heterocycles. The standard InChI is InChI=1S/C9H12N2O2/c1-13-9(12)8-10-6-7-4-2-3-5-11(7)8/h6H,2-5H2,1H3. The molecule has 0 fully saturated rings. The van der Waals surface area contributed by atoms with Crippen molar-refractivity contribution in [2.45, 2.75) is 25.8 Å². The van der Waals surface area contributed by atoms with Crippen LogP contribution in [0, 0.1) is 0 Å². The third-order valence-corrected chi connectivity index (χ3v) is 2.37. The second-order valence-electron chi connectivity index (χ2n) is 3.17. The maximum Gasteiger partial charge on any atom is 0.374 e. The van der Waals surface area contributed by atoms with Gasteiger partial charge in [-0.2, -0.15) is 0 Å². The van der Waals surface area contributed by atoms with Crippen molar-refractivity contribution in [1.29, 1.82) is 0 Å². The summed E-state index contributed by atoms with van der Waals surface area (Å²) in [6, 6.07) is 0. The molecule has 0 N–H and O–H groups in total. The molecular formula is C9H12N2O2. The second kappa shape index (κ2) is 3.20. The number of fused-ring (bicyclic) bond motifs is 1. The molecule has 0 bridgehead atoms. The summed E-state index contributed by atoms with van der Waals surface area (Å²) < 4.78 is 6.59. The first-order valence-corrected chi connectivity index (χ1v) is 4.45. The quantitative estimate of drug-likeness (QED) is 0.606. The highest BCUT2D eigenvalue weighted by Gasteiger charge is 2.19. The molecule has 0 spiro atoms. The minimum absolute atomic E-state index is 0.340. The summed E-state index contributed by atoms with van der Waals surface area (Å²) >= 11 is 0. The van der Waals surface area contributed by atoms with Crippen LogP contribution < -0.4 is 0 Å². The maximum atomic E-state index is 11.2. The van der Waals surface area contributed by atoms with E-state index in [0.29, 0.717) is 5.82 Å². The summed E-state index contributed by atoms with van der Waals surface area (Å²) in [7, 11) is 1.38. The number of carbonyl (C=O) groups excluding carboxylic acids is 1. The SMILES string of the molecule is COC(=O)c1ncc2n1CCCC2. The van der Waals surface area contributed by atoms with Crippen LogP contribution in [-0.2, 0) is 17.7 Å². The van der Waals surface area contributed by atoms with E-state index in [4.69, 9.17) is 0 Å². The fraction of sp³-hybridized carbons (Fsp3) is 0.556. The van der Waals surface area contributed by atoms with Gasteiger partial charge in [-0.05, 0) is 19.3 Å². The topological polar surface area (TPSA) is 44.1 Å². The Bertz CT molecular complexity index is 330. The number of nitrogens with zero attached hydrogens (tertiary/aromatic N) is 2. The van der Waals surface area contributed by atoms with Gasteiger partial charge >= 0.3 is 5.97 Å². The van der Waals surface area contributed by atoms with Crippen molar-refractivity contribution in [3.8, 4) is 0 Å². The predicted octanol–water partition coefficient (Wildman–Crippen LogP) is 1.01. The molecule has 2 heterocycles. The summed E-state index contributed by atoms with van der Waals surface area (Å²) in [6.07, 6.45) is 5.09. The van der Waals surface area contributed by atoms with Crippen LogP contribution in [0.15, 0.2) is 6.20 Å². The molecule has 1 aromatic heterocycles. The van der Waals surface area contributed by atoms with E-state index in [2.05, 4.69) is 9.72 Å². The fourth-order valence-corrected chi connectivity index (χ4v) is 1.69. The number of ether oxygens (including phenoxy) is 1. The van der Waals surface area contributed by atoms with Gasteiger partial charge in [-0.3, -0.25) is 0 Å². The summed E-state index contributed by atoms with van der Waals surface area (Å²) in [5.74, 6) is 0.102. The first kappa shape index (κ1) is 8.29. The van der Waals surface area contributed by atoms with E-state index in [0.717, 1.165) is 25.1 Å². The molecule has 1 aliphatic rings. The van der Waals surface area contributed by atoms with Gasteiger partial charge in [0, 0.05) is 18.4 Å². The van der Waals surface area contributed by atoms with Gasteiger partial charge in [0.05, 0.1) is 7.11 Å². The maximum absolute atomic E-state index is 11.2.